The minimum Gasteiger partial charge on any atom is -0.467 e. The van der Waals surface area contributed by atoms with Crippen LogP contribution in [0.3, 0.4) is 0 Å². The molecule has 2 unspecified atom stereocenters. The number of aliphatic hydroxyl groups excluding tert-OH is 1. The molecule has 0 aromatic heterocycles. The molecule has 0 spiro atoms. The molecular weight excluding hydrogens is 296 g/mol. The number of carbonyl (C=O) groups is 2. The van der Waals surface area contributed by atoms with Crippen LogP contribution in [-0.2, 0) is 20.7 Å². The molecule has 1 aliphatic rings. The van der Waals surface area contributed by atoms with Gasteiger partial charge in [0.05, 0.1) is 19.2 Å². The zero-order chi connectivity index (χ0) is 16.8. The van der Waals surface area contributed by atoms with Gasteiger partial charge in [-0.05, 0) is 24.3 Å². The summed E-state index contributed by atoms with van der Waals surface area (Å²) in [5.74, 6) is -0.600. The summed E-state index contributed by atoms with van der Waals surface area (Å²) in [6.45, 7) is 0. The van der Waals surface area contributed by atoms with Crippen LogP contribution < -0.4 is 11.1 Å². The van der Waals surface area contributed by atoms with Gasteiger partial charge in [0.1, 0.15) is 0 Å². The smallest absolute Gasteiger partial charge is 0.336 e. The fourth-order valence-corrected chi connectivity index (χ4v) is 2.50. The van der Waals surface area contributed by atoms with Gasteiger partial charge in [-0.25, -0.2) is 4.79 Å². The van der Waals surface area contributed by atoms with Crippen LogP contribution in [0, 0.1) is 5.92 Å². The number of ether oxygens (including phenoxy) is 1. The predicted molar refractivity (Wildman–Crippen MR) is 85.4 cm³/mol. The fourth-order valence-electron chi connectivity index (χ4n) is 2.50. The van der Waals surface area contributed by atoms with Crippen LogP contribution in [-0.4, -0.2) is 42.3 Å². The average molecular weight is 320 g/mol. The Balaban J connectivity index is 2.02. The second kappa shape index (κ2) is 8.08. The third-order valence-corrected chi connectivity index (χ3v) is 4.07. The Morgan fingerprint density at radius 3 is 2.57 bits per heavy atom. The van der Waals surface area contributed by atoms with E-state index in [-0.39, 0.29) is 5.91 Å². The number of rotatable bonds is 8. The molecule has 1 fully saturated rings. The molecule has 2 rings (SSSR count). The predicted octanol–water partition coefficient (Wildman–Crippen LogP) is 0.375. The van der Waals surface area contributed by atoms with Gasteiger partial charge in [0.25, 0.3) is 0 Å². The summed E-state index contributed by atoms with van der Waals surface area (Å²) in [5, 5.41) is 12.8. The molecular formula is C17H24N2O4. The third-order valence-electron chi connectivity index (χ3n) is 4.07. The second-order valence-electron chi connectivity index (χ2n) is 6.06. The molecule has 3 atom stereocenters. The van der Waals surface area contributed by atoms with E-state index in [1.54, 1.807) is 0 Å². The summed E-state index contributed by atoms with van der Waals surface area (Å²) in [6.07, 6.45) is 1.74. The van der Waals surface area contributed by atoms with E-state index in [1.165, 1.54) is 7.11 Å². The number of hydrogen-bond donors (Lipinski definition) is 3. The number of nitrogens with two attached hydrogens (primary N) is 1. The van der Waals surface area contributed by atoms with Crippen molar-refractivity contribution in [2.45, 2.75) is 43.9 Å². The van der Waals surface area contributed by atoms with Gasteiger partial charge in [0.15, 0.2) is 6.10 Å². The van der Waals surface area contributed by atoms with Gasteiger partial charge in [-0.15, -0.1) is 0 Å². The lowest BCUT2D eigenvalue weighted by atomic mass is 10.00. The molecule has 0 aliphatic heterocycles. The first-order chi connectivity index (χ1) is 11.0. The van der Waals surface area contributed by atoms with E-state index in [9.17, 15) is 14.7 Å². The number of aliphatic hydroxyl groups is 1. The summed E-state index contributed by atoms with van der Waals surface area (Å²) < 4.78 is 4.58. The van der Waals surface area contributed by atoms with E-state index >= 15 is 0 Å². The zero-order valence-corrected chi connectivity index (χ0v) is 13.3. The van der Waals surface area contributed by atoms with E-state index in [1.807, 2.05) is 30.3 Å². The Kier molecular flexibility index (Phi) is 6.12. The van der Waals surface area contributed by atoms with Crippen molar-refractivity contribution in [2.24, 2.45) is 11.7 Å². The Labute approximate surface area is 136 Å². The lowest BCUT2D eigenvalue weighted by Crippen LogP contribution is -2.53. The fraction of sp³-hybridized carbons (Fsp3) is 0.529. The Hall–Kier alpha value is -1.92. The van der Waals surface area contributed by atoms with Crippen molar-refractivity contribution in [3.8, 4) is 0 Å². The highest BCUT2D eigenvalue weighted by molar-refractivity contribution is 5.83. The molecule has 0 saturated heterocycles. The molecule has 4 N–H and O–H groups in total. The zero-order valence-electron chi connectivity index (χ0n) is 13.3. The van der Waals surface area contributed by atoms with Gasteiger partial charge in [0, 0.05) is 0 Å². The molecule has 0 radical (unpaired) electrons. The SMILES string of the molecule is COC(=O)C(O)C(Cc1ccccc1)NC(=O)[C@@H](N)CC1CC1. The highest BCUT2D eigenvalue weighted by Gasteiger charge is 2.32. The lowest BCUT2D eigenvalue weighted by Gasteiger charge is -2.24. The molecule has 1 amide bonds. The molecule has 6 heteroatoms. The first-order valence-corrected chi connectivity index (χ1v) is 7.87. The van der Waals surface area contributed by atoms with Crippen molar-refractivity contribution in [3.63, 3.8) is 0 Å². The Morgan fingerprint density at radius 1 is 1.35 bits per heavy atom. The summed E-state index contributed by atoms with van der Waals surface area (Å²) in [7, 11) is 1.20. The van der Waals surface area contributed by atoms with Crippen LogP contribution in [0.15, 0.2) is 30.3 Å². The highest BCUT2D eigenvalue weighted by Crippen LogP contribution is 2.33. The van der Waals surface area contributed by atoms with Gasteiger partial charge in [-0.1, -0.05) is 43.2 Å². The van der Waals surface area contributed by atoms with Gasteiger partial charge in [-0.2, -0.15) is 0 Å². The summed E-state index contributed by atoms with van der Waals surface area (Å²) in [4.78, 5) is 23.9. The van der Waals surface area contributed by atoms with Crippen LogP contribution in [0.4, 0.5) is 0 Å². The summed E-state index contributed by atoms with van der Waals surface area (Å²) in [5.41, 5.74) is 6.80. The van der Waals surface area contributed by atoms with E-state index in [4.69, 9.17) is 5.73 Å². The van der Waals surface area contributed by atoms with E-state index in [2.05, 4.69) is 10.1 Å². The maximum Gasteiger partial charge on any atom is 0.336 e. The number of methoxy groups -OCH3 is 1. The minimum absolute atomic E-state index is 0.318. The van der Waals surface area contributed by atoms with Crippen LogP contribution in [0.5, 0.6) is 0 Å². The Bertz CT molecular complexity index is 531. The maximum atomic E-state index is 12.2. The van der Waals surface area contributed by atoms with Crippen molar-refractivity contribution in [3.05, 3.63) is 35.9 Å². The average Bonchev–Trinajstić information content (AvgIpc) is 3.37. The third kappa shape index (κ3) is 5.33. The number of nitrogens with one attached hydrogen (secondary N) is 1. The van der Waals surface area contributed by atoms with E-state index < -0.39 is 24.2 Å². The molecule has 23 heavy (non-hydrogen) atoms. The highest BCUT2D eigenvalue weighted by atomic mass is 16.5. The van der Waals surface area contributed by atoms with E-state index in [0.29, 0.717) is 18.8 Å². The van der Waals surface area contributed by atoms with Crippen molar-refractivity contribution in [1.29, 1.82) is 0 Å². The van der Waals surface area contributed by atoms with Crippen molar-refractivity contribution >= 4 is 11.9 Å². The quantitative estimate of drug-likeness (QED) is 0.601. The number of amides is 1. The van der Waals surface area contributed by atoms with Gasteiger partial charge < -0.3 is 20.9 Å². The minimum atomic E-state index is -1.43. The van der Waals surface area contributed by atoms with E-state index in [0.717, 1.165) is 18.4 Å². The van der Waals surface area contributed by atoms with Crippen LogP contribution in [0.1, 0.15) is 24.8 Å². The molecule has 1 aliphatic carbocycles. The maximum absolute atomic E-state index is 12.2. The molecule has 6 nitrogen and oxygen atoms in total. The normalized spacial score (nSPS) is 17.9. The second-order valence-corrected chi connectivity index (χ2v) is 6.06. The van der Waals surface area contributed by atoms with Crippen molar-refractivity contribution in [2.75, 3.05) is 7.11 Å². The molecule has 0 bridgehead atoms. The number of hydrogen-bond acceptors (Lipinski definition) is 5. The van der Waals surface area contributed by atoms with Gasteiger partial charge in [0.2, 0.25) is 5.91 Å². The standard InChI is InChI=1S/C17H24N2O4/c1-23-17(22)15(20)14(10-11-5-3-2-4-6-11)19-16(21)13(18)9-12-7-8-12/h2-6,12-15,20H,7-10,18H2,1H3,(H,19,21)/t13-,14?,15?/m0/s1. The van der Waals surface area contributed by atoms with Gasteiger partial charge in [-0.3, -0.25) is 4.79 Å². The topological polar surface area (TPSA) is 102 Å². The van der Waals surface area contributed by atoms with Crippen LogP contribution in [0.25, 0.3) is 0 Å². The Morgan fingerprint density at radius 2 is 2.00 bits per heavy atom. The van der Waals surface area contributed by atoms with Gasteiger partial charge >= 0.3 is 5.97 Å². The number of carbonyl (C=O) groups excluding carboxylic acids is 2. The molecule has 1 aromatic carbocycles. The largest absolute Gasteiger partial charge is 0.467 e. The van der Waals surface area contributed by atoms with Crippen LogP contribution >= 0.6 is 0 Å². The molecule has 1 aromatic rings. The molecule has 0 heterocycles. The van der Waals surface area contributed by atoms with Crippen molar-refractivity contribution < 1.29 is 19.4 Å². The molecule has 1 saturated carbocycles. The first kappa shape index (κ1) is 17.4. The monoisotopic (exact) mass is 320 g/mol. The summed E-state index contributed by atoms with van der Waals surface area (Å²) >= 11 is 0. The first-order valence-electron chi connectivity index (χ1n) is 7.87. The molecule has 126 valence electrons. The van der Waals surface area contributed by atoms with Crippen molar-refractivity contribution in [1.82, 2.24) is 5.32 Å². The van der Waals surface area contributed by atoms with Crippen LogP contribution in [0.2, 0.25) is 0 Å². The number of esters is 1. The lowest BCUT2D eigenvalue weighted by molar-refractivity contribution is -0.152. The number of benzene rings is 1. The summed E-state index contributed by atoms with van der Waals surface area (Å²) in [6, 6.07) is 7.93.